The van der Waals surface area contributed by atoms with E-state index < -0.39 is 5.97 Å². The largest absolute Gasteiger partial charge is 0.495 e. The lowest BCUT2D eigenvalue weighted by molar-refractivity contribution is 0.0686. The summed E-state index contributed by atoms with van der Waals surface area (Å²) in [5.41, 5.74) is 1.47. The van der Waals surface area contributed by atoms with Gasteiger partial charge in [-0.05, 0) is 18.2 Å². The van der Waals surface area contributed by atoms with Gasteiger partial charge in [-0.2, -0.15) is 0 Å². The van der Waals surface area contributed by atoms with Gasteiger partial charge in [-0.1, -0.05) is 5.16 Å². The molecule has 6 heteroatoms. The number of carboxylic acid groups (broad SMARTS) is 1. The number of fused-ring (bicyclic) bond motifs is 1. The number of nitrogens with zero attached hydrogens (tertiary/aromatic N) is 1. The SMILES string of the molecule is COc1ccc(-c2cc(C(=O)O)no2)c2cc[nH]c12. The number of aromatic carboxylic acids is 1. The van der Waals surface area contributed by atoms with E-state index >= 15 is 0 Å². The maximum atomic E-state index is 10.8. The van der Waals surface area contributed by atoms with Crippen LogP contribution < -0.4 is 4.74 Å². The lowest BCUT2D eigenvalue weighted by atomic mass is 10.1. The second-order valence-electron chi connectivity index (χ2n) is 3.96. The summed E-state index contributed by atoms with van der Waals surface area (Å²) in [6.45, 7) is 0. The van der Waals surface area contributed by atoms with Crippen molar-refractivity contribution in [2.75, 3.05) is 7.11 Å². The fraction of sp³-hybridized carbons (Fsp3) is 0.0769. The predicted octanol–water partition coefficient (Wildman–Crippen LogP) is 2.53. The number of benzene rings is 1. The number of rotatable bonds is 3. The highest BCUT2D eigenvalue weighted by molar-refractivity contribution is 5.98. The van der Waals surface area contributed by atoms with Gasteiger partial charge in [-0.15, -0.1) is 0 Å². The fourth-order valence-electron chi connectivity index (χ4n) is 2.02. The van der Waals surface area contributed by atoms with E-state index in [0.717, 1.165) is 16.5 Å². The summed E-state index contributed by atoms with van der Waals surface area (Å²) in [6, 6.07) is 6.87. The normalized spacial score (nSPS) is 10.8. The highest BCUT2D eigenvalue weighted by Crippen LogP contribution is 2.33. The minimum atomic E-state index is -1.12. The van der Waals surface area contributed by atoms with Crippen molar-refractivity contribution in [3.05, 3.63) is 36.2 Å². The van der Waals surface area contributed by atoms with Gasteiger partial charge in [0.25, 0.3) is 0 Å². The summed E-state index contributed by atoms with van der Waals surface area (Å²) in [5, 5.41) is 13.2. The van der Waals surface area contributed by atoms with Crippen molar-refractivity contribution in [3.63, 3.8) is 0 Å². The van der Waals surface area contributed by atoms with E-state index in [9.17, 15) is 4.79 Å². The third kappa shape index (κ3) is 1.74. The minimum Gasteiger partial charge on any atom is -0.495 e. The molecule has 0 radical (unpaired) electrons. The maximum absolute atomic E-state index is 10.8. The van der Waals surface area contributed by atoms with Crippen LogP contribution in [0.3, 0.4) is 0 Å². The van der Waals surface area contributed by atoms with Crippen LogP contribution in [0.1, 0.15) is 10.5 Å². The van der Waals surface area contributed by atoms with Gasteiger partial charge >= 0.3 is 5.97 Å². The number of hydrogen-bond donors (Lipinski definition) is 2. The van der Waals surface area contributed by atoms with Gasteiger partial charge in [0.05, 0.1) is 12.6 Å². The van der Waals surface area contributed by atoms with Crippen LogP contribution in [0.15, 0.2) is 35.0 Å². The minimum absolute atomic E-state index is 0.116. The van der Waals surface area contributed by atoms with Gasteiger partial charge in [-0.25, -0.2) is 4.79 Å². The first kappa shape index (κ1) is 11.3. The van der Waals surface area contributed by atoms with Crippen LogP contribution in [-0.2, 0) is 0 Å². The van der Waals surface area contributed by atoms with Crippen LogP contribution in [0, 0.1) is 0 Å². The molecule has 3 aromatic rings. The highest BCUT2D eigenvalue weighted by atomic mass is 16.5. The van der Waals surface area contributed by atoms with Crippen molar-refractivity contribution in [3.8, 4) is 17.1 Å². The number of aromatic amines is 1. The summed E-state index contributed by atoms with van der Waals surface area (Å²) in [6.07, 6.45) is 1.78. The van der Waals surface area contributed by atoms with E-state index in [1.54, 1.807) is 25.4 Å². The zero-order chi connectivity index (χ0) is 13.4. The molecule has 0 bridgehead atoms. The Labute approximate surface area is 107 Å². The Morgan fingerprint density at radius 2 is 2.26 bits per heavy atom. The van der Waals surface area contributed by atoms with Gasteiger partial charge in [0.2, 0.25) is 0 Å². The van der Waals surface area contributed by atoms with Gasteiger partial charge in [0.1, 0.15) is 5.75 Å². The molecule has 3 rings (SSSR count). The number of carboxylic acids is 1. The average molecular weight is 258 g/mol. The molecular weight excluding hydrogens is 248 g/mol. The Morgan fingerprint density at radius 1 is 1.42 bits per heavy atom. The van der Waals surface area contributed by atoms with Crippen LogP contribution in [-0.4, -0.2) is 28.3 Å². The predicted molar refractivity (Wildman–Crippen MR) is 67.3 cm³/mol. The van der Waals surface area contributed by atoms with Crippen molar-refractivity contribution in [2.45, 2.75) is 0 Å². The molecule has 2 aromatic heterocycles. The lowest BCUT2D eigenvalue weighted by Gasteiger charge is -2.04. The van der Waals surface area contributed by atoms with E-state index in [-0.39, 0.29) is 5.69 Å². The molecule has 0 spiro atoms. The number of hydrogen-bond acceptors (Lipinski definition) is 4. The van der Waals surface area contributed by atoms with E-state index in [1.807, 2.05) is 6.07 Å². The molecule has 0 unspecified atom stereocenters. The quantitative estimate of drug-likeness (QED) is 0.753. The first-order chi connectivity index (χ1) is 9.20. The molecule has 6 nitrogen and oxygen atoms in total. The van der Waals surface area contributed by atoms with Crippen LogP contribution in [0.2, 0.25) is 0 Å². The van der Waals surface area contributed by atoms with Crippen LogP contribution in [0.25, 0.3) is 22.2 Å². The summed E-state index contributed by atoms with van der Waals surface area (Å²) >= 11 is 0. The zero-order valence-electron chi connectivity index (χ0n) is 10.0. The molecule has 2 heterocycles. The summed E-state index contributed by atoms with van der Waals surface area (Å²) in [7, 11) is 1.59. The van der Waals surface area contributed by atoms with Crippen molar-refractivity contribution in [1.82, 2.24) is 10.1 Å². The second-order valence-corrected chi connectivity index (χ2v) is 3.96. The Morgan fingerprint density at radius 3 is 2.95 bits per heavy atom. The van der Waals surface area contributed by atoms with Crippen molar-refractivity contribution in [2.24, 2.45) is 0 Å². The first-order valence-electron chi connectivity index (χ1n) is 5.55. The van der Waals surface area contributed by atoms with E-state index in [1.165, 1.54) is 6.07 Å². The molecule has 0 atom stereocenters. The Bertz CT molecular complexity index is 757. The lowest BCUT2D eigenvalue weighted by Crippen LogP contribution is -1.94. The number of nitrogens with one attached hydrogen (secondary N) is 1. The topological polar surface area (TPSA) is 88.3 Å². The number of methoxy groups -OCH3 is 1. The number of carbonyl (C=O) groups is 1. The van der Waals surface area contributed by atoms with Crippen LogP contribution in [0.5, 0.6) is 5.75 Å². The van der Waals surface area contributed by atoms with Crippen LogP contribution in [0.4, 0.5) is 0 Å². The average Bonchev–Trinajstić information content (AvgIpc) is 3.06. The summed E-state index contributed by atoms with van der Waals surface area (Å²) < 4.78 is 10.3. The van der Waals surface area contributed by atoms with Gasteiger partial charge in [0.15, 0.2) is 11.5 Å². The van der Waals surface area contributed by atoms with Crippen LogP contribution >= 0.6 is 0 Å². The number of aromatic nitrogens is 2. The smallest absolute Gasteiger partial charge is 0.358 e. The molecular formula is C13H10N2O4. The molecule has 2 N–H and O–H groups in total. The Kier molecular flexibility index (Phi) is 2.49. The molecule has 0 aliphatic rings. The molecule has 0 amide bonds. The summed E-state index contributed by atoms with van der Waals surface area (Å²) in [5.74, 6) is 0.000186. The first-order valence-corrected chi connectivity index (χ1v) is 5.55. The van der Waals surface area contributed by atoms with Crippen molar-refractivity contribution in [1.29, 1.82) is 0 Å². The number of H-pyrrole nitrogens is 1. The monoisotopic (exact) mass is 258 g/mol. The molecule has 0 aliphatic carbocycles. The Hall–Kier alpha value is -2.76. The molecule has 0 fully saturated rings. The van der Waals surface area contributed by atoms with Gasteiger partial charge in [0, 0.05) is 23.2 Å². The number of ether oxygens (including phenoxy) is 1. The molecule has 0 saturated heterocycles. The maximum Gasteiger partial charge on any atom is 0.358 e. The zero-order valence-corrected chi connectivity index (χ0v) is 10.0. The van der Waals surface area contributed by atoms with E-state index in [2.05, 4.69) is 10.1 Å². The molecule has 96 valence electrons. The third-order valence-corrected chi connectivity index (χ3v) is 2.90. The fourth-order valence-corrected chi connectivity index (χ4v) is 2.02. The van der Waals surface area contributed by atoms with E-state index in [0.29, 0.717) is 11.5 Å². The molecule has 0 saturated carbocycles. The highest BCUT2D eigenvalue weighted by Gasteiger charge is 2.16. The Balaban J connectivity index is 2.19. The van der Waals surface area contributed by atoms with E-state index in [4.69, 9.17) is 14.4 Å². The van der Waals surface area contributed by atoms with Gasteiger partial charge < -0.3 is 19.4 Å². The molecule has 0 aliphatic heterocycles. The molecule has 19 heavy (non-hydrogen) atoms. The molecule has 1 aromatic carbocycles. The second kappa shape index (κ2) is 4.16. The standard InChI is InChI=1S/C13H10N2O4/c1-18-10-3-2-7(8-4-5-14-12(8)10)11-6-9(13(16)17)15-19-11/h2-6,14H,1H3,(H,16,17). The summed E-state index contributed by atoms with van der Waals surface area (Å²) in [4.78, 5) is 13.9. The third-order valence-electron chi connectivity index (χ3n) is 2.90. The van der Waals surface area contributed by atoms with Gasteiger partial charge in [-0.3, -0.25) is 0 Å². The van der Waals surface area contributed by atoms with Crippen molar-refractivity contribution >= 4 is 16.9 Å². The van der Waals surface area contributed by atoms with Crippen molar-refractivity contribution < 1.29 is 19.2 Å².